The topological polar surface area (TPSA) is 9.23 Å². The lowest BCUT2D eigenvalue weighted by atomic mass is 10.4. The first-order chi connectivity index (χ1) is 4.16. The third kappa shape index (κ3) is 5.15. The molecule has 0 saturated carbocycles. The van der Waals surface area contributed by atoms with E-state index in [1.807, 2.05) is 32.9 Å². The summed E-state index contributed by atoms with van der Waals surface area (Å²) in [6, 6.07) is 0. The van der Waals surface area contributed by atoms with E-state index >= 15 is 0 Å². The van der Waals surface area contributed by atoms with Crippen LogP contribution in [0.15, 0.2) is 24.5 Å². The van der Waals surface area contributed by atoms with Crippen molar-refractivity contribution in [3.8, 4) is 0 Å². The summed E-state index contributed by atoms with van der Waals surface area (Å²) < 4.78 is 5.21. The van der Waals surface area contributed by atoms with Gasteiger partial charge in [-0.05, 0) is 26.8 Å². The molecule has 1 heteroatoms. The smallest absolute Gasteiger partial charge is 0.112 e. The molecule has 0 unspecified atom stereocenters. The molecule has 0 spiro atoms. The van der Waals surface area contributed by atoms with Crippen LogP contribution in [0.25, 0.3) is 0 Å². The van der Waals surface area contributed by atoms with Crippen molar-refractivity contribution in [2.75, 3.05) is 0 Å². The van der Waals surface area contributed by atoms with Gasteiger partial charge in [0.25, 0.3) is 0 Å². The van der Waals surface area contributed by atoms with E-state index in [0.717, 1.165) is 5.76 Å². The minimum absolute atomic E-state index is 0.230. The second-order valence-corrected chi connectivity index (χ2v) is 2.13. The molecule has 1 nitrogen and oxygen atoms in total. The molecule has 0 rings (SSSR count). The van der Waals surface area contributed by atoms with Crippen LogP contribution in [0.5, 0.6) is 0 Å². The average molecular weight is 126 g/mol. The van der Waals surface area contributed by atoms with E-state index in [9.17, 15) is 0 Å². The van der Waals surface area contributed by atoms with Gasteiger partial charge in [0.1, 0.15) is 5.76 Å². The Bertz CT molecular complexity index is 112. The molecule has 0 aliphatic carbocycles. The summed E-state index contributed by atoms with van der Waals surface area (Å²) in [5.41, 5.74) is 0. The molecule has 52 valence electrons. The molecule has 0 aromatic rings. The first-order valence-corrected chi connectivity index (χ1v) is 3.15. The fraction of sp³-hybridized carbons (Fsp3) is 0.500. The maximum Gasteiger partial charge on any atom is 0.112 e. The summed E-state index contributed by atoms with van der Waals surface area (Å²) in [5, 5.41) is 0. The quantitative estimate of drug-likeness (QED) is 0.417. The van der Waals surface area contributed by atoms with Crippen LogP contribution in [-0.4, -0.2) is 6.10 Å². The molecule has 0 fully saturated rings. The number of ether oxygens (including phenoxy) is 1. The normalized spacial score (nSPS) is 10.7. The Hall–Kier alpha value is -0.720. The van der Waals surface area contributed by atoms with Gasteiger partial charge in [-0.3, -0.25) is 0 Å². The number of hydrogen-bond donors (Lipinski definition) is 0. The van der Waals surface area contributed by atoms with E-state index < -0.39 is 0 Å². The molecule has 0 N–H and O–H groups in total. The Morgan fingerprint density at radius 3 is 2.44 bits per heavy atom. The van der Waals surface area contributed by atoms with Gasteiger partial charge in [-0.1, -0.05) is 12.7 Å². The van der Waals surface area contributed by atoms with Crippen molar-refractivity contribution in [2.45, 2.75) is 26.9 Å². The lowest BCUT2D eigenvalue weighted by molar-refractivity contribution is 0.159. The van der Waals surface area contributed by atoms with Crippen LogP contribution < -0.4 is 0 Å². The summed E-state index contributed by atoms with van der Waals surface area (Å²) in [7, 11) is 0. The van der Waals surface area contributed by atoms with Gasteiger partial charge in [0.2, 0.25) is 0 Å². The molecular weight excluding hydrogens is 112 g/mol. The summed E-state index contributed by atoms with van der Waals surface area (Å²) in [5.74, 6) is 0.729. The van der Waals surface area contributed by atoms with Gasteiger partial charge in [0.15, 0.2) is 0 Å². The van der Waals surface area contributed by atoms with E-state index in [1.54, 1.807) is 0 Å². The predicted octanol–water partition coefficient (Wildman–Crippen LogP) is 2.50. The van der Waals surface area contributed by atoms with Crippen molar-refractivity contribution in [3.05, 3.63) is 24.5 Å². The third-order valence-corrected chi connectivity index (χ3v) is 0.740. The summed E-state index contributed by atoms with van der Waals surface area (Å²) in [4.78, 5) is 0. The highest BCUT2D eigenvalue weighted by molar-refractivity contribution is 5.05. The van der Waals surface area contributed by atoms with E-state index in [0.29, 0.717) is 0 Å². The van der Waals surface area contributed by atoms with Crippen LogP contribution in [0.3, 0.4) is 0 Å². The molecule has 0 aliphatic rings. The van der Waals surface area contributed by atoms with Gasteiger partial charge in [-0.15, -0.1) is 0 Å². The van der Waals surface area contributed by atoms with Crippen molar-refractivity contribution in [2.24, 2.45) is 0 Å². The van der Waals surface area contributed by atoms with Crippen LogP contribution in [-0.2, 0) is 4.74 Å². The molecule has 0 aromatic carbocycles. The molecule has 0 aliphatic heterocycles. The zero-order valence-electron chi connectivity index (χ0n) is 6.35. The van der Waals surface area contributed by atoms with Crippen LogP contribution in [0, 0.1) is 0 Å². The van der Waals surface area contributed by atoms with Gasteiger partial charge in [0.05, 0.1) is 6.10 Å². The summed E-state index contributed by atoms with van der Waals surface area (Å²) in [6.45, 7) is 9.58. The minimum Gasteiger partial charge on any atom is -0.492 e. The third-order valence-electron chi connectivity index (χ3n) is 0.740. The zero-order valence-corrected chi connectivity index (χ0v) is 6.35. The SMILES string of the molecule is C=C(C=CC)OC(C)C. The molecule has 0 amide bonds. The second-order valence-electron chi connectivity index (χ2n) is 2.13. The van der Waals surface area contributed by atoms with E-state index in [4.69, 9.17) is 4.74 Å². The highest BCUT2D eigenvalue weighted by Gasteiger charge is 1.91. The maximum absolute atomic E-state index is 5.21. The van der Waals surface area contributed by atoms with Crippen molar-refractivity contribution in [1.29, 1.82) is 0 Å². The minimum atomic E-state index is 0.230. The van der Waals surface area contributed by atoms with E-state index in [-0.39, 0.29) is 6.10 Å². The zero-order chi connectivity index (χ0) is 7.28. The monoisotopic (exact) mass is 126 g/mol. The standard InChI is InChI=1S/C8H14O/c1-5-6-8(4)9-7(2)3/h5-7H,4H2,1-3H3. The summed E-state index contributed by atoms with van der Waals surface area (Å²) in [6.07, 6.45) is 3.98. The molecule has 0 aromatic heterocycles. The van der Waals surface area contributed by atoms with E-state index in [2.05, 4.69) is 6.58 Å². The molecule has 0 radical (unpaired) electrons. The largest absolute Gasteiger partial charge is 0.492 e. The van der Waals surface area contributed by atoms with Gasteiger partial charge in [-0.25, -0.2) is 0 Å². The first kappa shape index (κ1) is 8.28. The Kier molecular flexibility index (Phi) is 3.85. The van der Waals surface area contributed by atoms with Crippen molar-refractivity contribution in [3.63, 3.8) is 0 Å². The van der Waals surface area contributed by atoms with Gasteiger partial charge >= 0.3 is 0 Å². The van der Waals surface area contributed by atoms with Gasteiger partial charge in [0, 0.05) is 0 Å². The molecule has 0 saturated heterocycles. The van der Waals surface area contributed by atoms with Crippen LogP contribution in [0.4, 0.5) is 0 Å². The van der Waals surface area contributed by atoms with Crippen molar-refractivity contribution < 1.29 is 4.74 Å². The Balaban J connectivity index is 3.51. The van der Waals surface area contributed by atoms with E-state index in [1.165, 1.54) is 0 Å². The Morgan fingerprint density at radius 2 is 2.11 bits per heavy atom. The predicted molar refractivity (Wildman–Crippen MR) is 40.2 cm³/mol. The highest BCUT2D eigenvalue weighted by Crippen LogP contribution is 1.99. The lowest BCUT2D eigenvalue weighted by Crippen LogP contribution is -1.99. The second kappa shape index (κ2) is 4.19. The molecule has 9 heavy (non-hydrogen) atoms. The maximum atomic E-state index is 5.21. The number of allylic oxidation sites excluding steroid dienone is 2. The summed E-state index contributed by atoms with van der Waals surface area (Å²) >= 11 is 0. The molecule has 0 bridgehead atoms. The van der Waals surface area contributed by atoms with Crippen molar-refractivity contribution >= 4 is 0 Å². The first-order valence-electron chi connectivity index (χ1n) is 3.15. The fourth-order valence-corrected chi connectivity index (χ4v) is 0.528. The highest BCUT2D eigenvalue weighted by atomic mass is 16.5. The lowest BCUT2D eigenvalue weighted by Gasteiger charge is -2.07. The Morgan fingerprint density at radius 1 is 1.56 bits per heavy atom. The Labute approximate surface area is 57.0 Å². The van der Waals surface area contributed by atoms with Crippen LogP contribution >= 0.6 is 0 Å². The molecule has 0 atom stereocenters. The van der Waals surface area contributed by atoms with Crippen molar-refractivity contribution in [1.82, 2.24) is 0 Å². The number of hydrogen-bond acceptors (Lipinski definition) is 1. The van der Waals surface area contributed by atoms with Gasteiger partial charge < -0.3 is 4.74 Å². The van der Waals surface area contributed by atoms with Gasteiger partial charge in [-0.2, -0.15) is 0 Å². The van der Waals surface area contributed by atoms with Crippen LogP contribution in [0.1, 0.15) is 20.8 Å². The van der Waals surface area contributed by atoms with Crippen LogP contribution in [0.2, 0.25) is 0 Å². The average Bonchev–Trinajstić information content (AvgIpc) is 1.63. The number of rotatable bonds is 3. The molecule has 0 heterocycles. The molecular formula is C8H14O. The fourth-order valence-electron chi connectivity index (χ4n) is 0.528.